The largest absolute Gasteiger partial charge is 0.480 e. The van der Waals surface area contributed by atoms with Crippen LogP contribution in [-0.4, -0.2) is 41.3 Å². The third-order valence-corrected chi connectivity index (χ3v) is 5.49. The SMILES string of the molecule is CC(OCc1ccccc1)[C@H](NC(=O)[C@H](Cc1ccccc1)NC(=O)OCc1ccccc1)C(=O)O. The summed E-state index contributed by atoms with van der Waals surface area (Å²) >= 11 is 0. The van der Waals surface area contributed by atoms with Crippen LogP contribution in [0.3, 0.4) is 0 Å². The Morgan fingerprint density at radius 1 is 0.750 bits per heavy atom. The number of nitrogens with one attached hydrogen (secondary N) is 2. The Labute approximate surface area is 210 Å². The lowest BCUT2D eigenvalue weighted by Crippen LogP contribution is -2.55. The van der Waals surface area contributed by atoms with E-state index in [-0.39, 0.29) is 19.6 Å². The fourth-order valence-corrected chi connectivity index (χ4v) is 3.50. The number of carboxylic acid groups (broad SMARTS) is 1. The molecule has 0 aliphatic heterocycles. The van der Waals surface area contributed by atoms with Crippen LogP contribution < -0.4 is 10.6 Å². The van der Waals surface area contributed by atoms with Crippen LogP contribution in [0, 0.1) is 0 Å². The van der Waals surface area contributed by atoms with Gasteiger partial charge in [0.25, 0.3) is 0 Å². The fourth-order valence-electron chi connectivity index (χ4n) is 3.50. The number of hydrogen-bond donors (Lipinski definition) is 3. The molecule has 8 nitrogen and oxygen atoms in total. The zero-order chi connectivity index (χ0) is 25.8. The molecule has 0 bridgehead atoms. The molecule has 0 saturated carbocycles. The highest BCUT2D eigenvalue weighted by Crippen LogP contribution is 2.09. The number of ether oxygens (including phenoxy) is 2. The lowest BCUT2D eigenvalue weighted by molar-refractivity contribution is -0.146. The third kappa shape index (κ3) is 8.56. The van der Waals surface area contributed by atoms with E-state index < -0.39 is 36.2 Å². The summed E-state index contributed by atoms with van der Waals surface area (Å²) in [5, 5.41) is 14.8. The maximum atomic E-state index is 13.2. The predicted octanol–water partition coefficient (Wildman–Crippen LogP) is 3.70. The quantitative estimate of drug-likeness (QED) is 0.357. The molecule has 3 aromatic carbocycles. The highest BCUT2D eigenvalue weighted by atomic mass is 16.5. The number of carbonyl (C=O) groups is 3. The molecule has 8 heteroatoms. The Bertz CT molecular complexity index is 1110. The molecule has 188 valence electrons. The van der Waals surface area contributed by atoms with Gasteiger partial charge in [0, 0.05) is 6.42 Å². The minimum Gasteiger partial charge on any atom is -0.480 e. The molecule has 0 aliphatic rings. The molecule has 3 atom stereocenters. The minimum atomic E-state index is -1.32. The first kappa shape index (κ1) is 26.4. The summed E-state index contributed by atoms with van der Waals surface area (Å²) in [5.74, 6) is -1.90. The van der Waals surface area contributed by atoms with Crippen molar-refractivity contribution >= 4 is 18.0 Å². The van der Waals surface area contributed by atoms with E-state index in [0.717, 1.165) is 16.7 Å². The molecule has 36 heavy (non-hydrogen) atoms. The summed E-state index contributed by atoms with van der Waals surface area (Å²) in [7, 11) is 0. The fraction of sp³-hybridized carbons (Fsp3) is 0.250. The summed E-state index contributed by atoms with van der Waals surface area (Å²) in [6.07, 6.45) is -1.46. The van der Waals surface area contributed by atoms with Crippen LogP contribution in [0.4, 0.5) is 4.79 Å². The van der Waals surface area contributed by atoms with Crippen LogP contribution in [0.15, 0.2) is 91.0 Å². The lowest BCUT2D eigenvalue weighted by Gasteiger charge is -2.25. The van der Waals surface area contributed by atoms with Crippen LogP contribution >= 0.6 is 0 Å². The molecular weight excluding hydrogens is 460 g/mol. The molecule has 0 heterocycles. The van der Waals surface area contributed by atoms with Gasteiger partial charge in [-0.3, -0.25) is 4.79 Å². The molecule has 3 rings (SSSR count). The average molecular weight is 491 g/mol. The average Bonchev–Trinajstić information content (AvgIpc) is 2.90. The second kappa shape index (κ2) is 13.7. The number of aliphatic carboxylic acids is 1. The summed E-state index contributed by atoms with van der Waals surface area (Å²) in [6.45, 7) is 1.81. The summed E-state index contributed by atoms with van der Waals surface area (Å²) < 4.78 is 11.0. The topological polar surface area (TPSA) is 114 Å². The van der Waals surface area contributed by atoms with Gasteiger partial charge < -0.3 is 25.2 Å². The lowest BCUT2D eigenvalue weighted by atomic mass is 10.0. The molecule has 1 unspecified atom stereocenters. The second-order valence-corrected chi connectivity index (χ2v) is 8.27. The van der Waals surface area contributed by atoms with E-state index in [1.54, 1.807) is 6.92 Å². The maximum absolute atomic E-state index is 13.2. The van der Waals surface area contributed by atoms with Crippen LogP contribution in [0.25, 0.3) is 0 Å². The maximum Gasteiger partial charge on any atom is 0.408 e. The summed E-state index contributed by atoms with van der Waals surface area (Å²) in [4.78, 5) is 37.6. The Balaban J connectivity index is 1.65. The highest BCUT2D eigenvalue weighted by Gasteiger charge is 2.31. The van der Waals surface area contributed by atoms with Gasteiger partial charge in [-0.2, -0.15) is 0 Å². The van der Waals surface area contributed by atoms with Crippen molar-refractivity contribution < 1.29 is 29.0 Å². The van der Waals surface area contributed by atoms with E-state index >= 15 is 0 Å². The van der Waals surface area contributed by atoms with Gasteiger partial charge in [-0.15, -0.1) is 0 Å². The van der Waals surface area contributed by atoms with Crippen molar-refractivity contribution in [3.8, 4) is 0 Å². The first-order valence-corrected chi connectivity index (χ1v) is 11.6. The molecule has 0 radical (unpaired) electrons. The molecule has 0 aliphatic carbocycles. The number of carboxylic acids is 1. The van der Waals surface area contributed by atoms with Crippen molar-refractivity contribution in [2.45, 2.75) is 44.7 Å². The number of hydrogen-bond acceptors (Lipinski definition) is 5. The normalized spacial score (nSPS) is 13.1. The molecule has 0 fully saturated rings. The zero-order valence-electron chi connectivity index (χ0n) is 20.0. The summed E-state index contributed by atoms with van der Waals surface area (Å²) in [5.41, 5.74) is 2.47. The zero-order valence-corrected chi connectivity index (χ0v) is 20.0. The summed E-state index contributed by atoms with van der Waals surface area (Å²) in [6, 6.07) is 25.2. The van der Waals surface area contributed by atoms with E-state index in [2.05, 4.69) is 10.6 Å². The van der Waals surface area contributed by atoms with Crippen molar-refractivity contribution in [1.29, 1.82) is 0 Å². The Morgan fingerprint density at radius 2 is 1.25 bits per heavy atom. The number of benzene rings is 3. The van der Waals surface area contributed by atoms with Gasteiger partial charge in [-0.05, 0) is 23.6 Å². The van der Waals surface area contributed by atoms with Crippen LogP contribution in [0.2, 0.25) is 0 Å². The van der Waals surface area contributed by atoms with Crippen LogP contribution in [0.1, 0.15) is 23.6 Å². The van der Waals surface area contributed by atoms with E-state index in [1.807, 2.05) is 91.0 Å². The number of amides is 2. The van der Waals surface area contributed by atoms with Gasteiger partial charge in [-0.1, -0.05) is 91.0 Å². The second-order valence-electron chi connectivity index (χ2n) is 8.27. The monoisotopic (exact) mass is 490 g/mol. The van der Waals surface area contributed by atoms with E-state index in [9.17, 15) is 19.5 Å². The van der Waals surface area contributed by atoms with Crippen molar-refractivity contribution in [2.24, 2.45) is 0 Å². The Hall–Kier alpha value is -4.17. The predicted molar refractivity (Wildman–Crippen MR) is 134 cm³/mol. The van der Waals surface area contributed by atoms with Crippen LogP contribution in [-0.2, 0) is 38.7 Å². The minimum absolute atomic E-state index is 0.0362. The number of carbonyl (C=O) groups excluding carboxylic acids is 2. The molecule has 3 aromatic rings. The molecule has 3 N–H and O–H groups in total. The van der Waals surface area contributed by atoms with Gasteiger partial charge in [0.05, 0.1) is 12.7 Å². The number of alkyl carbamates (subject to hydrolysis) is 1. The van der Waals surface area contributed by atoms with Crippen molar-refractivity contribution in [3.05, 3.63) is 108 Å². The number of rotatable bonds is 12. The first-order valence-electron chi connectivity index (χ1n) is 11.6. The standard InChI is InChI=1S/C28H30N2O6/c1-20(35-18-22-13-7-3-8-14-22)25(27(32)33)30-26(31)24(17-21-11-5-2-6-12-21)29-28(34)36-19-23-15-9-4-10-16-23/h2-16,20,24-25H,17-19H2,1H3,(H,29,34)(H,30,31)(H,32,33)/t20?,24-,25-/m0/s1. The van der Waals surface area contributed by atoms with Gasteiger partial charge in [0.1, 0.15) is 12.6 Å². The van der Waals surface area contributed by atoms with Gasteiger partial charge in [0.2, 0.25) is 5.91 Å². The first-order chi connectivity index (χ1) is 17.4. The van der Waals surface area contributed by atoms with Gasteiger partial charge in [0.15, 0.2) is 6.04 Å². The molecular formula is C28H30N2O6. The van der Waals surface area contributed by atoms with Gasteiger partial charge >= 0.3 is 12.1 Å². The molecule has 0 aromatic heterocycles. The Morgan fingerprint density at radius 3 is 1.78 bits per heavy atom. The smallest absolute Gasteiger partial charge is 0.408 e. The highest BCUT2D eigenvalue weighted by molar-refractivity contribution is 5.89. The van der Waals surface area contributed by atoms with E-state index in [0.29, 0.717) is 0 Å². The van der Waals surface area contributed by atoms with Crippen molar-refractivity contribution in [1.82, 2.24) is 10.6 Å². The molecule has 0 spiro atoms. The van der Waals surface area contributed by atoms with Crippen molar-refractivity contribution in [2.75, 3.05) is 0 Å². The van der Waals surface area contributed by atoms with Gasteiger partial charge in [-0.25, -0.2) is 9.59 Å². The van der Waals surface area contributed by atoms with Crippen LogP contribution in [0.5, 0.6) is 0 Å². The molecule has 2 amide bonds. The van der Waals surface area contributed by atoms with E-state index in [1.165, 1.54) is 0 Å². The van der Waals surface area contributed by atoms with Crippen molar-refractivity contribution in [3.63, 3.8) is 0 Å². The Kier molecular flexibility index (Phi) is 10.0. The molecule has 0 saturated heterocycles. The van der Waals surface area contributed by atoms with E-state index in [4.69, 9.17) is 9.47 Å². The third-order valence-electron chi connectivity index (χ3n) is 5.49.